The van der Waals surface area contributed by atoms with Gasteiger partial charge in [0.2, 0.25) is 0 Å². The largest absolute Gasteiger partial charge is 0.0470 e. The van der Waals surface area contributed by atoms with Crippen molar-refractivity contribution >= 4 is 0 Å². The van der Waals surface area contributed by atoms with Crippen LogP contribution in [0.15, 0.2) is 0 Å². The maximum absolute atomic E-state index is 1.64. The molecule has 4 rings (SSSR count). The fraction of sp³-hybridized carbons (Fsp3) is 1.00. The Bertz CT molecular complexity index is 188. The van der Waals surface area contributed by atoms with Crippen LogP contribution in [0.5, 0.6) is 0 Å². The molecule has 4 saturated carbocycles. The van der Waals surface area contributed by atoms with Crippen molar-refractivity contribution in [1.82, 2.24) is 0 Å². The standard InChI is InChI=1S/C11H16/c1-6-3-9-5-10-4-7(6)2-8(1)11(9)10/h6-11H,1-5H2. The van der Waals surface area contributed by atoms with Crippen LogP contribution in [-0.4, -0.2) is 0 Å². The molecule has 4 aliphatic rings. The van der Waals surface area contributed by atoms with Crippen molar-refractivity contribution in [1.29, 1.82) is 0 Å². The molecule has 0 aromatic rings. The second-order valence-electron chi connectivity index (χ2n) is 5.56. The average Bonchev–Trinajstić information content (AvgIpc) is 2.16. The van der Waals surface area contributed by atoms with Crippen molar-refractivity contribution in [2.75, 3.05) is 0 Å². The second kappa shape index (κ2) is 1.53. The van der Waals surface area contributed by atoms with Crippen LogP contribution in [-0.2, 0) is 0 Å². The van der Waals surface area contributed by atoms with E-state index in [0.717, 1.165) is 0 Å². The van der Waals surface area contributed by atoms with Gasteiger partial charge in [-0.15, -0.1) is 0 Å². The molecule has 0 saturated heterocycles. The third-order valence-corrected chi connectivity index (χ3v) is 5.33. The monoisotopic (exact) mass is 148 g/mol. The highest BCUT2D eigenvalue weighted by atomic mass is 14.6. The number of fused-ring (bicyclic) bond motifs is 3. The molecular weight excluding hydrogens is 132 g/mol. The van der Waals surface area contributed by atoms with Gasteiger partial charge in [-0.3, -0.25) is 0 Å². The van der Waals surface area contributed by atoms with E-state index in [4.69, 9.17) is 0 Å². The molecule has 0 radical (unpaired) electrons. The Hall–Kier alpha value is 0. The fourth-order valence-corrected chi connectivity index (χ4v) is 5.10. The van der Waals surface area contributed by atoms with Gasteiger partial charge in [0.15, 0.2) is 0 Å². The van der Waals surface area contributed by atoms with Crippen molar-refractivity contribution in [2.24, 2.45) is 35.5 Å². The lowest BCUT2D eigenvalue weighted by Gasteiger charge is -2.51. The van der Waals surface area contributed by atoms with E-state index >= 15 is 0 Å². The van der Waals surface area contributed by atoms with Crippen molar-refractivity contribution in [2.45, 2.75) is 32.1 Å². The second-order valence-corrected chi connectivity index (χ2v) is 5.56. The summed E-state index contributed by atoms with van der Waals surface area (Å²) in [7, 11) is 0. The molecular formula is C11H16. The zero-order chi connectivity index (χ0) is 7.00. The van der Waals surface area contributed by atoms with E-state index in [9.17, 15) is 0 Å². The summed E-state index contributed by atoms with van der Waals surface area (Å²) in [5.41, 5.74) is 0. The van der Waals surface area contributed by atoms with Gasteiger partial charge in [0, 0.05) is 0 Å². The molecule has 0 heterocycles. The molecule has 4 unspecified atom stereocenters. The minimum atomic E-state index is 1.20. The lowest BCUT2D eigenvalue weighted by Crippen LogP contribution is -2.43. The lowest BCUT2D eigenvalue weighted by molar-refractivity contribution is -0.0165. The van der Waals surface area contributed by atoms with Gasteiger partial charge in [0.05, 0.1) is 0 Å². The Morgan fingerprint density at radius 2 is 0.818 bits per heavy atom. The summed E-state index contributed by atoms with van der Waals surface area (Å²) in [5.74, 6) is 7.30. The van der Waals surface area contributed by atoms with Crippen molar-refractivity contribution < 1.29 is 0 Å². The SMILES string of the molecule is C1C2CC3CC4CC2CC1C34. The summed E-state index contributed by atoms with van der Waals surface area (Å²) in [4.78, 5) is 0. The molecule has 4 aliphatic carbocycles. The Morgan fingerprint density at radius 1 is 0.455 bits per heavy atom. The highest BCUT2D eigenvalue weighted by Gasteiger charge is 2.59. The van der Waals surface area contributed by atoms with Gasteiger partial charge in [-0.1, -0.05) is 0 Å². The molecule has 0 N–H and O–H groups in total. The van der Waals surface area contributed by atoms with E-state index in [1.165, 1.54) is 35.5 Å². The van der Waals surface area contributed by atoms with Gasteiger partial charge < -0.3 is 0 Å². The zero-order valence-corrected chi connectivity index (χ0v) is 7.00. The van der Waals surface area contributed by atoms with Crippen LogP contribution in [0.3, 0.4) is 0 Å². The van der Waals surface area contributed by atoms with E-state index in [1.54, 1.807) is 32.1 Å². The third-order valence-electron chi connectivity index (χ3n) is 5.33. The maximum atomic E-state index is 1.64. The number of rotatable bonds is 0. The molecule has 0 spiro atoms. The third kappa shape index (κ3) is 0.494. The summed E-state index contributed by atoms with van der Waals surface area (Å²) in [6.45, 7) is 0. The van der Waals surface area contributed by atoms with Gasteiger partial charge in [0.25, 0.3) is 0 Å². The summed E-state index contributed by atoms with van der Waals surface area (Å²) < 4.78 is 0. The molecule has 0 heteroatoms. The smallest absolute Gasteiger partial charge is 0.0328 e. The van der Waals surface area contributed by atoms with Crippen molar-refractivity contribution in [3.05, 3.63) is 0 Å². The first kappa shape index (κ1) is 5.61. The van der Waals surface area contributed by atoms with E-state index in [1.807, 2.05) is 0 Å². The summed E-state index contributed by atoms with van der Waals surface area (Å²) in [5, 5.41) is 0. The van der Waals surface area contributed by atoms with Crippen LogP contribution in [0.2, 0.25) is 0 Å². The molecule has 0 aromatic carbocycles. The Labute approximate surface area is 68.4 Å². The highest BCUT2D eigenvalue weighted by molar-refractivity contribution is 5.08. The Kier molecular flexibility index (Phi) is 0.781. The predicted octanol–water partition coefficient (Wildman–Crippen LogP) is 2.69. The molecule has 0 nitrogen and oxygen atoms in total. The minimum absolute atomic E-state index is 1.20. The first-order valence-electron chi connectivity index (χ1n) is 5.42. The predicted molar refractivity (Wildman–Crippen MR) is 44.0 cm³/mol. The van der Waals surface area contributed by atoms with E-state index in [2.05, 4.69) is 0 Å². The van der Waals surface area contributed by atoms with Crippen molar-refractivity contribution in [3.63, 3.8) is 0 Å². The van der Waals surface area contributed by atoms with Crippen LogP contribution in [0.1, 0.15) is 32.1 Å². The molecule has 4 fully saturated rings. The maximum Gasteiger partial charge on any atom is -0.0328 e. The molecule has 11 heavy (non-hydrogen) atoms. The average molecular weight is 148 g/mol. The molecule has 60 valence electrons. The molecule has 0 aliphatic heterocycles. The first-order valence-corrected chi connectivity index (χ1v) is 5.42. The summed E-state index contributed by atoms with van der Waals surface area (Å²) >= 11 is 0. The fourth-order valence-electron chi connectivity index (χ4n) is 5.10. The highest BCUT2D eigenvalue weighted by Crippen LogP contribution is 2.67. The first-order chi connectivity index (χ1) is 5.42. The Morgan fingerprint density at radius 3 is 1.27 bits per heavy atom. The number of hydrogen-bond donors (Lipinski definition) is 0. The normalized spacial score (nSPS) is 69.8. The van der Waals surface area contributed by atoms with Gasteiger partial charge >= 0.3 is 0 Å². The van der Waals surface area contributed by atoms with Gasteiger partial charge in [-0.25, -0.2) is 0 Å². The van der Waals surface area contributed by atoms with Crippen LogP contribution >= 0.6 is 0 Å². The van der Waals surface area contributed by atoms with E-state index < -0.39 is 0 Å². The van der Waals surface area contributed by atoms with Crippen molar-refractivity contribution in [3.8, 4) is 0 Å². The molecule has 0 amide bonds. The van der Waals surface area contributed by atoms with Gasteiger partial charge in [0.1, 0.15) is 0 Å². The van der Waals surface area contributed by atoms with Crippen LogP contribution in [0, 0.1) is 35.5 Å². The van der Waals surface area contributed by atoms with Gasteiger partial charge in [-0.05, 0) is 67.6 Å². The Balaban J connectivity index is 1.86. The molecule has 0 aromatic heterocycles. The lowest BCUT2D eigenvalue weighted by atomic mass is 9.54. The summed E-state index contributed by atoms with van der Waals surface area (Å²) in [6.07, 6.45) is 8.20. The van der Waals surface area contributed by atoms with E-state index in [0.29, 0.717) is 0 Å². The summed E-state index contributed by atoms with van der Waals surface area (Å²) in [6, 6.07) is 0. The van der Waals surface area contributed by atoms with Crippen LogP contribution in [0.25, 0.3) is 0 Å². The molecule has 3 bridgehead atoms. The van der Waals surface area contributed by atoms with E-state index in [-0.39, 0.29) is 0 Å². The zero-order valence-electron chi connectivity index (χ0n) is 7.00. The quantitative estimate of drug-likeness (QED) is 0.495. The topological polar surface area (TPSA) is 0 Å². The minimum Gasteiger partial charge on any atom is -0.0470 e. The van der Waals surface area contributed by atoms with Crippen LogP contribution in [0.4, 0.5) is 0 Å². The molecule has 4 atom stereocenters. The van der Waals surface area contributed by atoms with Crippen LogP contribution < -0.4 is 0 Å². The van der Waals surface area contributed by atoms with Gasteiger partial charge in [-0.2, -0.15) is 0 Å². The number of hydrogen-bond acceptors (Lipinski definition) is 0.